The summed E-state index contributed by atoms with van der Waals surface area (Å²) in [5.41, 5.74) is 5.57. The van der Waals surface area contributed by atoms with Crippen LogP contribution >= 0.6 is 0 Å². The van der Waals surface area contributed by atoms with Crippen LogP contribution in [-0.4, -0.2) is 40.0 Å². The van der Waals surface area contributed by atoms with Crippen molar-refractivity contribution in [1.82, 2.24) is 19.8 Å². The fraction of sp³-hybridized carbons (Fsp3) is 0.419. The number of piperidine rings is 1. The second kappa shape index (κ2) is 9.70. The second-order valence-electron chi connectivity index (χ2n) is 10.8. The molecule has 2 aromatic heterocycles. The van der Waals surface area contributed by atoms with E-state index in [2.05, 4.69) is 69.2 Å². The van der Waals surface area contributed by atoms with Crippen molar-refractivity contribution in [1.29, 1.82) is 0 Å². The fourth-order valence-electron chi connectivity index (χ4n) is 6.40. The lowest BCUT2D eigenvalue weighted by Crippen LogP contribution is -2.37. The number of aromatic nitrogens is 2. The number of fused-ring (bicyclic) bond motifs is 3. The van der Waals surface area contributed by atoms with Crippen LogP contribution in [0, 0.1) is 11.3 Å². The maximum atomic E-state index is 12.8. The Hall–Kier alpha value is -3.18. The topological polar surface area (TPSA) is 50.2 Å². The molecule has 2 aliphatic rings. The third-order valence-electron chi connectivity index (χ3n) is 8.61. The number of benzene rings is 2. The highest BCUT2D eigenvalue weighted by Crippen LogP contribution is 2.59. The van der Waals surface area contributed by atoms with E-state index in [4.69, 9.17) is 0 Å². The first-order valence-corrected chi connectivity index (χ1v) is 13.6. The molecule has 186 valence electrons. The van der Waals surface area contributed by atoms with E-state index in [1.54, 1.807) is 0 Å². The molecule has 1 spiro atoms. The number of hydrogen-bond acceptors (Lipinski definition) is 3. The molecule has 4 aromatic rings. The average molecular weight is 481 g/mol. The molecule has 2 fully saturated rings. The number of pyridine rings is 1. The van der Waals surface area contributed by atoms with Gasteiger partial charge in [0.05, 0.1) is 0 Å². The third-order valence-corrected chi connectivity index (χ3v) is 8.61. The zero-order valence-electron chi connectivity index (χ0n) is 21.2. The van der Waals surface area contributed by atoms with Gasteiger partial charge in [0, 0.05) is 59.8 Å². The average Bonchev–Trinajstić information content (AvgIpc) is 3.53. The number of nitrogens with zero attached hydrogens (tertiary/aromatic N) is 3. The van der Waals surface area contributed by atoms with Crippen molar-refractivity contribution in [3.05, 3.63) is 78.1 Å². The molecule has 36 heavy (non-hydrogen) atoms. The minimum Gasteiger partial charge on any atom is -0.356 e. The van der Waals surface area contributed by atoms with Crippen molar-refractivity contribution < 1.29 is 4.79 Å². The van der Waals surface area contributed by atoms with E-state index in [-0.39, 0.29) is 17.2 Å². The summed E-state index contributed by atoms with van der Waals surface area (Å²) in [6.45, 7) is 7.12. The molecule has 1 N–H and O–H groups in total. The van der Waals surface area contributed by atoms with Crippen molar-refractivity contribution in [3.8, 4) is 0 Å². The van der Waals surface area contributed by atoms with E-state index in [0.717, 1.165) is 64.8 Å². The van der Waals surface area contributed by atoms with E-state index in [1.807, 2.05) is 24.5 Å². The van der Waals surface area contributed by atoms with Gasteiger partial charge in [-0.1, -0.05) is 24.3 Å². The number of nitrogens with one attached hydrogen (secondary N) is 1. The Kier molecular flexibility index (Phi) is 6.26. The standard InChI is InChI=1S/C31H36N4O/c1-2-35-28-8-4-3-7-25(28)26-20-24(9-10-29(26)35)22-34-18-13-31(14-19-34)21-27(31)30(36)33-15-5-6-23-11-16-32-17-12-23/h3-4,7-12,16-17,20,27H,2,5-6,13-15,18-19,21-22H2,1H3,(H,33,36)/t27-/m0/s1. The molecular weight excluding hydrogens is 444 g/mol. The van der Waals surface area contributed by atoms with Gasteiger partial charge in [-0.15, -0.1) is 0 Å². The number of aryl methyl sites for hydroxylation is 2. The molecule has 1 amide bonds. The van der Waals surface area contributed by atoms with Gasteiger partial charge in [-0.3, -0.25) is 14.7 Å². The molecule has 5 heteroatoms. The van der Waals surface area contributed by atoms with Gasteiger partial charge in [0.1, 0.15) is 0 Å². The highest BCUT2D eigenvalue weighted by molar-refractivity contribution is 6.08. The zero-order valence-corrected chi connectivity index (χ0v) is 21.2. The van der Waals surface area contributed by atoms with Crippen LogP contribution in [-0.2, 0) is 24.3 Å². The van der Waals surface area contributed by atoms with Gasteiger partial charge in [0.2, 0.25) is 5.91 Å². The van der Waals surface area contributed by atoms with Crippen molar-refractivity contribution in [2.75, 3.05) is 19.6 Å². The first-order valence-electron chi connectivity index (χ1n) is 13.6. The van der Waals surface area contributed by atoms with E-state index >= 15 is 0 Å². The summed E-state index contributed by atoms with van der Waals surface area (Å²) in [4.78, 5) is 19.4. The lowest BCUT2D eigenvalue weighted by molar-refractivity contribution is -0.123. The van der Waals surface area contributed by atoms with Crippen LogP contribution in [0.5, 0.6) is 0 Å². The van der Waals surface area contributed by atoms with Crippen LogP contribution in [0.2, 0.25) is 0 Å². The van der Waals surface area contributed by atoms with Crippen molar-refractivity contribution in [2.45, 2.75) is 52.1 Å². The molecule has 1 aliphatic heterocycles. The fourth-order valence-corrected chi connectivity index (χ4v) is 6.40. The Labute approximate surface area is 213 Å². The number of carbonyl (C=O) groups is 1. The summed E-state index contributed by atoms with van der Waals surface area (Å²) in [5.74, 6) is 0.494. The van der Waals surface area contributed by atoms with Crippen LogP contribution in [0.15, 0.2) is 67.0 Å². The molecule has 0 bridgehead atoms. The predicted octanol–water partition coefficient (Wildman–Crippen LogP) is 5.56. The lowest BCUT2D eigenvalue weighted by Gasteiger charge is -2.32. The van der Waals surface area contributed by atoms with Gasteiger partial charge >= 0.3 is 0 Å². The molecule has 1 atom stereocenters. The number of amides is 1. The van der Waals surface area contributed by atoms with E-state index in [9.17, 15) is 4.79 Å². The Bertz CT molecular complexity index is 1370. The van der Waals surface area contributed by atoms with Gasteiger partial charge in [-0.2, -0.15) is 0 Å². The molecule has 5 nitrogen and oxygen atoms in total. The van der Waals surface area contributed by atoms with E-state index < -0.39 is 0 Å². The van der Waals surface area contributed by atoms with Crippen LogP contribution in [0.4, 0.5) is 0 Å². The van der Waals surface area contributed by atoms with Gasteiger partial charge in [-0.25, -0.2) is 0 Å². The number of likely N-dealkylation sites (tertiary alicyclic amines) is 1. The van der Waals surface area contributed by atoms with Crippen LogP contribution in [0.25, 0.3) is 21.8 Å². The van der Waals surface area contributed by atoms with E-state index in [0.29, 0.717) is 0 Å². The molecule has 2 aromatic carbocycles. The Morgan fingerprint density at radius 3 is 2.58 bits per heavy atom. The third kappa shape index (κ3) is 4.41. The molecular formula is C31H36N4O. The molecule has 0 unspecified atom stereocenters. The van der Waals surface area contributed by atoms with Crippen LogP contribution < -0.4 is 5.32 Å². The number of rotatable bonds is 8. The number of para-hydroxylation sites is 1. The second-order valence-corrected chi connectivity index (χ2v) is 10.8. The minimum absolute atomic E-state index is 0.220. The largest absolute Gasteiger partial charge is 0.356 e. The summed E-state index contributed by atoms with van der Waals surface area (Å²) in [7, 11) is 0. The quantitative estimate of drug-likeness (QED) is 0.336. The first-order chi connectivity index (χ1) is 17.7. The first kappa shape index (κ1) is 23.2. The Balaban J connectivity index is 1.02. The van der Waals surface area contributed by atoms with Crippen molar-refractivity contribution >= 4 is 27.7 Å². The Morgan fingerprint density at radius 1 is 1.00 bits per heavy atom. The molecule has 6 rings (SSSR count). The number of carbonyl (C=O) groups excluding carboxylic acids is 1. The summed E-state index contributed by atoms with van der Waals surface area (Å²) in [6, 6.07) is 19.8. The summed E-state index contributed by atoms with van der Waals surface area (Å²) in [6.07, 6.45) is 8.97. The normalized spacial score (nSPS) is 19.2. The highest BCUT2D eigenvalue weighted by atomic mass is 16.2. The summed E-state index contributed by atoms with van der Waals surface area (Å²) < 4.78 is 2.41. The molecule has 1 saturated carbocycles. The SMILES string of the molecule is CCn1c2ccccc2c2cc(CN3CCC4(CC3)C[C@H]4C(=O)NCCCc3ccncc3)ccc21. The van der Waals surface area contributed by atoms with Crippen molar-refractivity contribution in [2.24, 2.45) is 11.3 Å². The van der Waals surface area contributed by atoms with Crippen LogP contribution in [0.3, 0.4) is 0 Å². The van der Waals surface area contributed by atoms with Gasteiger partial charge < -0.3 is 9.88 Å². The maximum absolute atomic E-state index is 12.8. The molecule has 1 aliphatic carbocycles. The van der Waals surface area contributed by atoms with E-state index in [1.165, 1.54) is 32.9 Å². The maximum Gasteiger partial charge on any atom is 0.223 e. The Morgan fingerprint density at radius 2 is 1.78 bits per heavy atom. The number of hydrogen-bond donors (Lipinski definition) is 1. The molecule has 3 heterocycles. The monoisotopic (exact) mass is 480 g/mol. The predicted molar refractivity (Wildman–Crippen MR) is 146 cm³/mol. The molecule has 0 radical (unpaired) electrons. The lowest BCUT2D eigenvalue weighted by atomic mass is 9.90. The highest BCUT2D eigenvalue weighted by Gasteiger charge is 2.58. The smallest absolute Gasteiger partial charge is 0.223 e. The van der Waals surface area contributed by atoms with Gasteiger partial charge in [0.15, 0.2) is 0 Å². The molecule has 1 saturated heterocycles. The van der Waals surface area contributed by atoms with Gasteiger partial charge in [-0.05, 0) is 99.0 Å². The van der Waals surface area contributed by atoms with Crippen LogP contribution in [0.1, 0.15) is 43.7 Å². The summed E-state index contributed by atoms with van der Waals surface area (Å²) in [5, 5.41) is 5.92. The zero-order chi connectivity index (χ0) is 24.5. The van der Waals surface area contributed by atoms with Gasteiger partial charge in [0.25, 0.3) is 0 Å². The summed E-state index contributed by atoms with van der Waals surface area (Å²) >= 11 is 0. The minimum atomic E-state index is 0.220. The van der Waals surface area contributed by atoms with Crippen molar-refractivity contribution in [3.63, 3.8) is 0 Å².